The van der Waals surface area contributed by atoms with Crippen LogP contribution in [0.1, 0.15) is 13.3 Å². The van der Waals surface area contributed by atoms with E-state index in [9.17, 15) is 9.59 Å². The third-order valence-corrected chi connectivity index (χ3v) is 3.01. The number of halogens is 1. The van der Waals surface area contributed by atoms with Gasteiger partial charge in [-0.15, -0.1) is 12.4 Å². The molecule has 0 aromatic carbocycles. The Morgan fingerprint density at radius 2 is 2.25 bits per heavy atom. The Kier molecular flexibility index (Phi) is 4.56. The predicted molar refractivity (Wildman–Crippen MR) is 62.4 cm³/mol. The van der Waals surface area contributed by atoms with Gasteiger partial charge in [0.15, 0.2) is 0 Å². The van der Waals surface area contributed by atoms with E-state index in [1.165, 1.54) is 0 Å². The van der Waals surface area contributed by atoms with E-state index in [-0.39, 0.29) is 30.1 Å². The Morgan fingerprint density at radius 3 is 2.81 bits per heavy atom. The minimum absolute atomic E-state index is 0. The molecule has 0 aromatic rings. The highest BCUT2D eigenvalue weighted by Gasteiger charge is 2.32. The fourth-order valence-electron chi connectivity index (χ4n) is 2.17. The first-order valence-corrected chi connectivity index (χ1v) is 5.45. The molecule has 0 saturated carbocycles. The maximum Gasteiger partial charge on any atom is 0.228 e. The second-order valence-corrected chi connectivity index (χ2v) is 4.34. The molecule has 2 aliphatic rings. The Morgan fingerprint density at radius 1 is 1.50 bits per heavy atom. The van der Waals surface area contributed by atoms with Gasteiger partial charge in [-0.2, -0.15) is 0 Å². The van der Waals surface area contributed by atoms with Crippen molar-refractivity contribution in [1.82, 2.24) is 15.5 Å². The lowest BCUT2D eigenvalue weighted by atomic mass is 10.1. The van der Waals surface area contributed by atoms with Crippen molar-refractivity contribution >= 4 is 24.2 Å². The monoisotopic (exact) mass is 247 g/mol. The SMILES string of the molecule is C[C@@H]1CN(C(=O)C2CNC(=O)C2)CCN1.Cl. The largest absolute Gasteiger partial charge is 0.355 e. The number of carbonyl (C=O) groups excluding carboxylic acids is 2. The molecule has 1 unspecified atom stereocenters. The zero-order valence-electron chi connectivity index (χ0n) is 9.36. The quantitative estimate of drug-likeness (QED) is 0.648. The highest BCUT2D eigenvalue weighted by atomic mass is 35.5. The fourth-order valence-corrected chi connectivity index (χ4v) is 2.17. The lowest BCUT2D eigenvalue weighted by Crippen LogP contribution is -2.53. The van der Waals surface area contributed by atoms with E-state index in [2.05, 4.69) is 17.6 Å². The number of hydrogen-bond donors (Lipinski definition) is 2. The molecule has 2 aliphatic heterocycles. The first kappa shape index (κ1) is 13.3. The van der Waals surface area contributed by atoms with Crippen LogP contribution in [0.15, 0.2) is 0 Å². The number of amides is 2. The minimum Gasteiger partial charge on any atom is -0.355 e. The molecule has 0 spiro atoms. The van der Waals surface area contributed by atoms with Gasteiger partial charge in [-0.3, -0.25) is 9.59 Å². The topological polar surface area (TPSA) is 61.4 Å². The standard InChI is InChI=1S/C10H17N3O2.ClH/c1-7-6-13(3-2-11-7)10(15)8-4-9(14)12-5-8;/h7-8,11H,2-6H2,1H3,(H,12,14);1H/t7-,8?;/m1./s1. The smallest absolute Gasteiger partial charge is 0.228 e. The van der Waals surface area contributed by atoms with Crippen molar-refractivity contribution in [2.45, 2.75) is 19.4 Å². The number of carbonyl (C=O) groups is 2. The summed E-state index contributed by atoms with van der Waals surface area (Å²) in [5.74, 6) is -0.0129. The minimum atomic E-state index is -0.136. The third kappa shape index (κ3) is 2.86. The molecule has 0 aliphatic carbocycles. The number of hydrogen-bond acceptors (Lipinski definition) is 3. The van der Waals surface area contributed by atoms with Crippen molar-refractivity contribution in [1.29, 1.82) is 0 Å². The predicted octanol–water partition coefficient (Wildman–Crippen LogP) is -0.635. The third-order valence-electron chi connectivity index (χ3n) is 3.01. The summed E-state index contributed by atoms with van der Waals surface area (Å²) in [6.07, 6.45) is 0.358. The van der Waals surface area contributed by atoms with E-state index >= 15 is 0 Å². The highest BCUT2D eigenvalue weighted by molar-refractivity contribution is 5.89. The van der Waals surface area contributed by atoms with Crippen LogP contribution in [0.4, 0.5) is 0 Å². The van der Waals surface area contributed by atoms with Crippen molar-refractivity contribution in [3.8, 4) is 0 Å². The zero-order valence-corrected chi connectivity index (χ0v) is 10.2. The molecule has 2 saturated heterocycles. The second-order valence-electron chi connectivity index (χ2n) is 4.34. The van der Waals surface area contributed by atoms with Crippen LogP contribution in [0.2, 0.25) is 0 Å². The van der Waals surface area contributed by atoms with Gasteiger partial charge in [-0.25, -0.2) is 0 Å². The lowest BCUT2D eigenvalue weighted by molar-refractivity contribution is -0.136. The van der Waals surface area contributed by atoms with Crippen molar-refractivity contribution in [2.24, 2.45) is 5.92 Å². The van der Waals surface area contributed by atoms with Gasteiger partial charge in [0, 0.05) is 38.6 Å². The van der Waals surface area contributed by atoms with Gasteiger partial charge in [0.25, 0.3) is 0 Å². The summed E-state index contributed by atoms with van der Waals surface area (Å²) in [4.78, 5) is 24.9. The molecule has 2 rings (SSSR count). The fraction of sp³-hybridized carbons (Fsp3) is 0.800. The molecule has 92 valence electrons. The van der Waals surface area contributed by atoms with E-state index in [1.807, 2.05) is 4.90 Å². The van der Waals surface area contributed by atoms with Crippen LogP contribution in [0.3, 0.4) is 0 Å². The number of piperazine rings is 1. The zero-order chi connectivity index (χ0) is 10.8. The molecule has 2 N–H and O–H groups in total. The molecular formula is C10H18ClN3O2. The van der Waals surface area contributed by atoms with Gasteiger partial charge < -0.3 is 15.5 Å². The van der Waals surface area contributed by atoms with Gasteiger partial charge >= 0.3 is 0 Å². The van der Waals surface area contributed by atoms with Gasteiger partial charge in [0.1, 0.15) is 0 Å². The Hall–Kier alpha value is -0.810. The maximum atomic E-state index is 12.0. The van der Waals surface area contributed by atoms with E-state index in [1.54, 1.807) is 0 Å². The van der Waals surface area contributed by atoms with Crippen molar-refractivity contribution in [2.75, 3.05) is 26.2 Å². The average molecular weight is 248 g/mol. The molecule has 2 amide bonds. The van der Waals surface area contributed by atoms with Crippen LogP contribution in [0.5, 0.6) is 0 Å². The molecule has 2 fully saturated rings. The first-order chi connectivity index (χ1) is 7.16. The van der Waals surface area contributed by atoms with E-state index in [4.69, 9.17) is 0 Å². The Labute approximate surface area is 101 Å². The number of rotatable bonds is 1. The Balaban J connectivity index is 0.00000128. The summed E-state index contributed by atoms with van der Waals surface area (Å²) < 4.78 is 0. The Bertz CT molecular complexity index is 285. The molecule has 0 bridgehead atoms. The number of nitrogens with zero attached hydrogens (tertiary/aromatic N) is 1. The summed E-state index contributed by atoms with van der Waals surface area (Å²) in [5.41, 5.74) is 0. The summed E-state index contributed by atoms with van der Waals surface area (Å²) in [6, 6.07) is 0.354. The summed E-state index contributed by atoms with van der Waals surface area (Å²) in [5, 5.41) is 5.99. The summed E-state index contributed by atoms with van der Waals surface area (Å²) in [7, 11) is 0. The van der Waals surface area contributed by atoms with Crippen LogP contribution in [0.25, 0.3) is 0 Å². The normalized spacial score (nSPS) is 29.6. The van der Waals surface area contributed by atoms with Crippen LogP contribution in [-0.2, 0) is 9.59 Å². The van der Waals surface area contributed by atoms with Gasteiger partial charge in [0.05, 0.1) is 5.92 Å². The second kappa shape index (κ2) is 5.50. The maximum absolute atomic E-state index is 12.0. The van der Waals surface area contributed by atoms with Crippen LogP contribution in [0, 0.1) is 5.92 Å². The van der Waals surface area contributed by atoms with Crippen LogP contribution < -0.4 is 10.6 Å². The van der Waals surface area contributed by atoms with Crippen molar-refractivity contribution < 1.29 is 9.59 Å². The van der Waals surface area contributed by atoms with Crippen molar-refractivity contribution in [3.63, 3.8) is 0 Å². The van der Waals surface area contributed by atoms with E-state index < -0.39 is 0 Å². The molecule has 2 atom stereocenters. The van der Waals surface area contributed by atoms with Gasteiger partial charge in [-0.1, -0.05) is 0 Å². The molecular weight excluding hydrogens is 230 g/mol. The summed E-state index contributed by atoms with van der Waals surface area (Å²) >= 11 is 0. The molecule has 5 nitrogen and oxygen atoms in total. The highest BCUT2D eigenvalue weighted by Crippen LogP contribution is 2.13. The van der Waals surface area contributed by atoms with Gasteiger partial charge in [0.2, 0.25) is 11.8 Å². The molecule has 2 heterocycles. The number of nitrogens with one attached hydrogen (secondary N) is 2. The van der Waals surface area contributed by atoms with Crippen molar-refractivity contribution in [3.05, 3.63) is 0 Å². The molecule has 0 radical (unpaired) electrons. The summed E-state index contributed by atoms with van der Waals surface area (Å²) in [6.45, 7) is 4.94. The first-order valence-electron chi connectivity index (χ1n) is 5.45. The van der Waals surface area contributed by atoms with E-state index in [0.717, 1.165) is 19.6 Å². The molecule has 0 aromatic heterocycles. The average Bonchev–Trinajstić information content (AvgIpc) is 2.64. The van der Waals surface area contributed by atoms with E-state index in [0.29, 0.717) is 19.0 Å². The van der Waals surface area contributed by atoms with Crippen LogP contribution in [-0.4, -0.2) is 48.9 Å². The molecule has 16 heavy (non-hydrogen) atoms. The van der Waals surface area contributed by atoms with Gasteiger partial charge in [-0.05, 0) is 6.92 Å². The molecule has 6 heteroatoms. The van der Waals surface area contributed by atoms with Crippen LogP contribution >= 0.6 is 12.4 Å². The lowest BCUT2D eigenvalue weighted by Gasteiger charge is -2.33.